The number of ether oxygens (including phenoxy) is 2. The Balaban J connectivity index is 1.64. The molecule has 1 amide bonds. The van der Waals surface area contributed by atoms with E-state index in [1.807, 2.05) is 31.2 Å². The average molecular weight is 489 g/mol. The molecule has 0 fully saturated rings. The number of hydrogen-bond donors (Lipinski definition) is 1. The Hall–Kier alpha value is -2.74. The van der Waals surface area contributed by atoms with Crippen molar-refractivity contribution in [1.29, 1.82) is 0 Å². The van der Waals surface area contributed by atoms with Gasteiger partial charge in [0.2, 0.25) is 15.9 Å². The van der Waals surface area contributed by atoms with Crippen molar-refractivity contribution in [3.8, 4) is 11.5 Å². The van der Waals surface area contributed by atoms with E-state index in [9.17, 15) is 13.2 Å². The predicted molar refractivity (Wildman–Crippen MR) is 135 cm³/mol. The summed E-state index contributed by atoms with van der Waals surface area (Å²) in [7, 11) is -3.49. The Morgan fingerprint density at radius 1 is 1.12 bits per heavy atom. The van der Waals surface area contributed by atoms with Gasteiger partial charge in [0.25, 0.3) is 0 Å². The second-order valence-corrected chi connectivity index (χ2v) is 10.6. The quantitative estimate of drug-likeness (QED) is 0.490. The van der Waals surface area contributed by atoms with Crippen molar-refractivity contribution in [2.24, 2.45) is 0 Å². The number of nitrogens with one attached hydrogen (secondary N) is 1. The molecule has 0 bridgehead atoms. The molecule has 7 nitrogen and oxygen atoms in total. The van der Waals surface area contributed by atoms with Gasteiger partial charge in [0.15, 0.2) is 0 Å². The normalized spacial score (nSPS) is 16.8. The molecular weight excluding hydrogens is 452 g/mol. The van der Waals surface area contributed by atoms with E-state index in [4.69, 9.17) is 9.47 Å². The van der Waals surface area contributed by atoms with Crippen LogP contribution < -0.4 is 19.1 Å². The van der Waals surface area contributed by atoms with Gasteiger partial charge >= 0.3 is 0 Å². The summed E-state index contributed by atoms with van der Waals surface area (Å²) in [6.45, 7) is 6.87. The van der Waals surface area contributed by atoms with E-state index in [1.165, 1.54) is 10.6 Å². The van der Waals surface area contributed by atoms with Crippen molar-refractivity contribution in [3.63, 3.8) is 0 Å². The molecule has 0 saturated carbocycles. The van der Waals surface area contributed by atoms with Crippen molar-refractivity contribution in [2.45, 2.75) is 64.5 Å². The first-order chi connectivity index (χ1) is 16.2. The Bertz CT molecular complexity index is 1060. The van der Waals surface area contributed by atoms with Crippen molar-refractivity contribution in [1.82, 2.24) is 5.32 Å². The number of hydrogen-bond acceptors (Lipinski definition) is 5. The van der Waals surface area contributed by atoms with Crippen LogP contribution in [0.4, 0.5) is 5.69 Å². The van der Waals surface area contributed by atoms with E-state index in [0.717, 1.165) is 24.2 Å². The van der Waals surface area contributed by atoms with Crippen molar-refractivity contribution in [3.05, 3.63) is 54.1 Å². The molecule has 0 saturated heterocycles. The monoisotopic (exact) mass is 488 g/mol. The van der Waals surface area contributed by atoms with Crippen LogP contribution in [0.3, 0.4) is 0 Å². The molecule has 1 atom stereocenters. The summed E-state index contributed by atoms with van der Waals surface area (Å²) in [6, 6.07) is 14.7. The minimum absolute atomic E-state index is 0.0945. The number of sulfonamides is 1. The lowest BCUT2D eigenvalue weighted by molar-refractivity contribution is -0.122. The molecule has 0 spiro atoms. The molecule has 8 heteroatoms. The van der Waals surface area contributed by atoms with E-state index in [2.05, 4.69) is 19.2 Å². The molecule has 0 unspecified atom stereocenters. The number of benzene rings is 2. The summed E-state index contributed by atoms with van der Waals surface area (Å²) in [5.41, 5.74) is 1.24. The predicted octanol–water partition coefficient (Wildman–Crippen LogP) is 4.83. The van der Waals surface area contributed by atoms with Crippen LogP contribution in [0.15, 0.2) is 48.5 Å². The molecule has 0 aliphatic carbocycles. The number of amides is 1. The van der Waals surface area contributed by atoms with Crippen LogP contribution in [0.2, 0.25) is 0 Å². The van der Waals surface area contributed by atoms with Gasteiger partial charge in [0, 0.05) is 24.9 Å². The van der Waals surface area contributed by atoms with Crippen molar-refractivity contribution < 1.29 is 22.7 Å². The molecule has 1 aliphatic heterocycles. The highest BCUT2D eigenvalue weighted by molar-refractivity contribution is 7.92. The zero-order chi connectivity index (χ0) is 24.8. The van der Waals surface area contributed by atoms with Gasteiger partial charge in [-0.05, 0) is 56.5 Å². The Morgan fingerprint density at radius 2 is 1.79 bits per heavy atom. The van der Waals surface area contributed by atoms with Crippen LogP contribution in [-0.4, -0.2) is 39.3 Å². The second-order valence-electron chi connectivity index (χ2n) is 8.72. The molecule has 2 aromatic carbocycles. The fraction of sp³-hybridized carbons (Fsp3) is 0.500. The third-order valence-corrected chi connectivity index (χ3v) is 7.62. The molecule has 0 aromatic heterocycles. The lowest BCUT2D eigenvalue weighted by Gasteiger charge is -2.41. The third-order valence-electron chi connectivity index (χ3n) is 6.42. The van der Waals surface area contributed by atoms with E-state index < -0.39 is 10.0 Å². The van der Waals surface area contributed by atoms with Crippen LogP contribution in [0.1, 0.15) is 64.5 Å². The summed E-state index contributed by atoms with van der Waals surface area (Å²) in [5.74, 6) is 1.41. The maximum atomic E-state index is 12.9. The van der Waals surface area contributed by atoms with Crippen molar-refractivity contribution >= 4 is 21.6 Å². The standard InChI is InChI=1S/C26H36N2O5S/c1-5-26(6-2)19-23(22-11-8-9-12-24(22)33-26)27-25(29)13-10-18-28(34(4,30)31)20-14-16-21(17-15-20)32-7-3/h8-9,11-12,14-17,23H,5-7,10,13,18-19H2,1-4H3,(H,27,29)/t23-/m1/s1. The Labute approximate surface area is 203 Å². The summed E-state index contributed by atoms with van der Waals surface area (Å²) < 4.78 is 37.9. The first-order valence-corrected chi connectivity index (χ1v) is 13.8. The first kappa shape index (κ1) is 25.9. The van der Waals surface area contributed by atoms with E-state index in [1.54, 1.807) is 24.3 Å². The SMILES string of the molecule is CCOc1ccc(N(CCCC(=O)N[C@@H]2CC(CC)(CC)Oc3ccccc32)S(C)(=O)=O)cc1. The lowest BCUT2D eigenvalue weighted by atomic mass is 9.83. The van der Waals surface area contributed by atoms with Crippen LogP contribution in [0, 0.1) is 0 Å². The number of rotatable bonds is 11. The molecule has 3 rings (SSSR count). The topological polar surface area (TPSA) is 84.9 Å². The maximum absolute atomic E-state index is 12.9. The minimum Gasteiger partial charge on any atom is -0.494 e. The average Bonchev–Trinajstić information content (AvgIpc) is 2.82. The Morgan fingerprint density at radius 3 is 2.41 bits per heavy atom. The zero-order valence-electron chi connectivity index (χ0n) is 20.5. The highest BCUT2D eigenvalue weighted by atomic mass is 32.2. The van der Waals surface area contributed by atoms with Gasteiger partial charge in [-0.2, -0.15) is 0 Å². The molecule has 34 heavy (non-hydrogen) atoms. The van der Waals surface area contributed by atoms with Gasteiger partial charge < -0.3 is 14.8 Å². The van der Waals surface area contributed by atoms with Gasteiger partial charge in [-0.15, -0.1) is 0 Å². The summed E-state index contributed by atoms with van der Waals surface area (Å²) in [4.78, 5) is 12.9. The molecule has 1 aliphatic rings. The van der Waals surface area contributed by atoms with Crippen LogP contribution in [0.5, 0.6) is 11.5 Å². The van der Waals surface area contributed by atoms with Gasteiger partial charge in [0.1, 0.15) is 17.1 Å². The van der Waals surface area contributed by atoms with Crippen LogP contribution in [0.25, 0.3) is 0 Å². The van der Waals surface area contributed by atoms with Crippen LogP contribution >= 0.6 is 0 Å². The molecule has 2 aromatic rings. The molecule has 1 N–H and O–H groups in total. The van der Waals surface area contributed by atoms with E-state index in [-0.39, 0.29) is 30.5 Å². The number of fused-ring (bicyclic) bond motifs is 1. The van der Waals surface area contributed by atoms with Gasteiger partial charge in [0.05, 0.1) is 24.6 Å². The smallest absolute Gasteiger partial charge is 0.232 e. The largest absolute Gasteiger partial charge is 0.494 e. The molecule has 1 heterocycles. The van der Waals surface area contributed by atoms with E-state index in [0.29, 0.717) is 30.9 Å². The maximum Gasteiger partial charge on any atom is 0.232 e. The number of anilines is 1. The number of para-hydroxylation sites is 1. The van der Waals surface area contributed by atoms with Gasteiger partial charge in [-0.3, -0.25) is 9.10 Å². The second kappa shape index (κ2) is 11.1. The highest BCUT2D eigenvalue weighted by Crippen LogP contribution is 2.42. The summed E-state index contributed by atoms with van der Waals surface area (Å²) in [6.07, 6.45) is 4.24. The summed E-state index contributed by atoms with van der Waals surface area (Å²) >= 11 is 0. The number of nitrogens with zero attached hydrogens (tertiary/aromatic N) is 1. The Kier molecular flexibility index (Phi) is 8.47. The van der Waals surface area contributed by atoms with E-state index >= 15 is 0 Å². The van der Waals surface area contributed by atoms with Gasteiger partial charge in [-0.25, -0.2) is 8.42 Å². The minimum atomic E-state index is -3.49. The van der Waals surface area contributed by atoms with Crippen LogP contribution in [-0.2, 0) is 14.8 Å². The zero-order valence-corrected chi connectivity index (χ0v) is 21.4. The fourth-order valence-corrected chi connectivity index (χ4v) is 5.41. The fourth-order valence-electron chi connectivity index (χ4n) is 4.44. The highest BCUT2D eigenvalue weighted by Gasteiger charge is 2.38. The molecule has 0 radical (unpaired) electrons. The molecule has 186 valence electrons. The molecular formula is C26H36N2O5S. The first-order valence-electron chi connectivity index (χ1n) is 12.0. The van der Waals surface area contributed by atoms with Crippen molar-refractivity contribution in [2.75, 3.05) is 23.7 Å². The lowest BCUT2D eigenvalue weighted by Crippen LogP contribution is -2.44. The number of carbonyl (C=O) groups is 1. The van der Waals surface area contributed by atoms with Gasteiger partial charge in [-0.1, -0.05) is 32.0 Å². The summed E-state index contributed by atoms with van der Waals surface area (Å²) in [5, 5.41) is 3.17. The third kappa shape index (κ3) is 6.23. The number of carbonyl (C=O) groups excluding carboxylic acids is 1.